The molecule has 0 aliphatic heterocycles. The van der Waals surface area contributed by atoms with Gasteiger partial charge < -0.3 is 14.8 Å². The number of nitrogens with zero attached hydrogens (tertiary/aromatic N) is 1. The van der Waals surface area contributed by atoms with Gasteiger partial charge in [0.1, 0.15) is 11.5 Å². The third kappa shape index (κ3) is 4.77. The van der Waals surface area contributed by atoms with Gasteiger partial charge in [-0.2, -0.15) is 0 Å². The molecule has 27 heavy (non-hydrogen) atoms. The summed E-state index contributed by atoms with van der Waals surface area (Å²) in [6.45, 7) is 0. The lowest BCUT2D eigenvalue weighted by atomic mass is 10.1. The van der Waals surface area contributed by atoms with Crippen molar-refractivity contribution in [2.24, 2.45) is 0 Å². The molecular formula is C17H18Cl2N2O5S. The van der Waals surface area contributed by atoms with Crippen LogP contribution in [0.1, 0.15) is 10.4 Å². The van der Waals surface area contributed by atoms with Gasteiger partial charge in [-0.15, -0.1) is 0 Å². The zero-order valence-corrected chi connectivity index (χ0v) is 17.4. The predicted octanol–water partition coefficient (Wildman–Crippen LogP) is 3.66. The number of rotatable bonds is 6. The molecule has 0 unspecified atom stereocenters. The normalized spacial score (nSPS) is 11.0. The van der Waals surface area contributed by atoms with Crippen molar-refractivity contribution < 1.29 is 22.7 Å². The van der Waals surface area contributed by atoms with Gasteiger partial charge in [0.15, 0.2) is 0 Å². The molecule has 0 fully saturated rings. The summed E-state index contributed by atoms with van der Waals surface area (Å²) in [6, 6.07) is 7.37. The fraction of sp³-hybridized carbons (Fsp3) is 0.235. The van der Waals surface area contributed by atoms with Gasteiger partial charge in [-0.1, -0.05) is 23.2 Å². The first-order valence-corrected chi connectivity index (χ1v) is 10.1. The zero-order valence-electron chi connectivity index (χ0n) is 15.0. The van der Waals surface area contributed by atoms with E-state index in [9.17, 15) is 13.2 Å². The van der Waals surface area contributed by atoms with Crippen molar-refractivity contribution in [3.63, 3.8) is 0 Å². The molecule has 2 aromatic rings. The van der Waals surface area contributed by atoms with Crippen molar-refractivity contribution in [3.8, 4) is 11.5 Å². The summed E-state index contributed by atoms with van der Waals surface area (Å²) in [7, 11) is 0.843. The summed E-state index contributed by atoms with van der Waals surface area (Å²) >= 11 is 12.2. The van der Waals surface area contributed by atoms with Gasteiger partial charge in [0, 0.05) is 19.2 Å². The molecule has 1 amide bonds. The Morgan fingerprint density at radius 3 is 2.19 bits per heavy atom. The van der Waals surface area contributed by atoms with Gasteiger partial charge in [-0.25, -0.2) is 8.42 Å². The Morgan fingerprint density at radius 2 is 1.67 bits per heavy atom. The zero-order chi connectivity index (χ0) is 20.4. The number of hydrogen-bond acceptors (Lipinski definition) is 5. The average Bonchev–Trinajstić information content (AvgIpc) is 2.60. The van der Waals surface area contributed by atoms with E-state index < -0.39 is 15.9 Å². The Hall–Kier alpha value is -2.16. The van der Waals surface area contributed by atoms with Crippen LogP contribution in [0.4, 0.5) is 11.4 Å². The van der Waals surface area contributed by atoms with Gasteiger partial charge in [0.05, 0.1) is 47.5 Å². The van der Waals surface area contributed by atoms with Crippen molar-refractivity contribution in [2.45, 2.75) is 0 Å². The third-order valence-corrected chi connectivity index (χ3v) is 5.59. The molecule has 0 saturated carbocycles. The van der Waals surface area contributed by atoms with Gasteiger partial charge in [0.25, 0.3) is 5.91 Å². The van der Waals surface area contributed by atoms with Crippen LogP contribution in [0.5, 0.6) is 11.5 Å². The van der Waals surface area contributed by atoms with Gasteiger partial charge in [0.2, 0.25) is 10.0 Å². The molecule has 146 valence electrons. The number of methoxy groups -OCH3 is 2. The highest BCUT2D eigenvalue weighted by Crippen LogP contribution is 2.36. The molecule has 0 bridgehead atoms. The molecule has 0 radical (unpaired) electrons. The smallest absolute Gasteiger partial charge is 0.257 e. The molecule has 0 aliphatic rings. The summed E-state index contributed by atoms with van der Waals surface area (Å²) in [5.41, 5.74) is 0.847. The van der Waals surface area contributed by atoms with E-state index in [1.165, 1.54) is 51.6 Å². The number of ether oxygens (including phenoxy) is 2. The molecule has 0 aromatic heterocycles. The Bertz CT molecular complexity index is 980. The molecule has 1 N–H and O–H groups in total. The number of halogens is 2. The van der Waals surface area contributed by atoms with E-state index in [2.05, 4.69) is 5.32 Å². The number of amides is 1. The van der Waals surface area contributed by atoms with Crippen LogP contribution < -0.4 is 19.1 Å². The maximum absolute atomic E-state index is 12.6. The van der Waals surface area contributed by atoms with Gasteiger partial charge >= 0.3 is 0 Å². The fourth-order valence-electron chi connectivity index (χ4n) is 2.22. The van der Waals surface area contributed by atoms with Gasteiger partial charge in [-0.3, -0.25) is 9.10 Å². The minimum absolute atomic E-state index is 0.0976. The number of hydrogen-bond donors (Lipinski definition) is 1. The molecule has 0 aliphatic carbocycles. The molecule has 10 heteroatoms. The molecule has 0 atom stereocenters. The fourth-order valence-corrected chi connectivity index (χ4v) is 3.21. The summed E-state index contributed by atoms with van der Waals surface area (Å²) in [6.07, 6.45) is 1.07. The van der Waals surface area contributed by atoms with Crippen molar-refractivity contribution >= 4 is 50.5 Å². The molecule has 2 aromatic carbocycles. The summed E-state index contributed by atoms with van der Waals surface area (Å²) in [4.78, 5) is 12.6. The summed E-state index contributed by atoms with van der Waals surface area (Å²) < 4.78 is 34.7. The summed E-state index contributed by atoms with van der Waals surface area (Å²) in [5, 5.41) is 3.11. The van der Waals surface area contributed by atoms with Crippen LogP contribution in [0.15, 0.2) is 30.3 Å². The highest BCUT2D eigenvalue weighted by atomic mass is 35.5. The van der Waals surface area contributed by atoms with E-state index in [4.69, 9.17) is 32.7 Å². The number of anilines is 2. The second-order valence-electron chi connectivity index (χ2n) is 5.54. The Labute approximate surface area is 167 Å². The Kier molecular flexibility index (Phi) is 6.46. The second kappa shape index (κ2) is 8.24. The monoisotopic (exact) mass is 432 g/mol. The number of sulfonamides is 1. The van der Waals surface area contributed by atoms with E-state index >= 15 is 0 Å². The third-order valence-electron chi connectivity index (χ3n) is 3.78. The minimum atomic E-state index is -3.44. The molecule has 7 nitrogen and oxygen atoms in total. The van der Waals surface area contributed by atoms with E-state index in [0.717, 1.165) is 10.6 Å². The second-order valence-corrected chi connectivity index (χ2v) is 8.36. The van der Waals surface area contributed by atoms with Crippen molar-refractivity contribution in [3.05, 3.63) is 45.9 Å². The highest BCUT2D eigenvalue weighted by Gasteiger charge is 2.18. The van der Waals surface area contributed by atoms with Crippen LogP contribution in [0.2, 0.25) is 10.0 Å². The summed E-state index contributed by atoms with van der Waals surface area (Å²) in [5.74, 6) is 0.207. The van der Waals surface area contributed by atoms with Crippen LogP contribution in [-0.4, -0.2) is 41.8 Å². The standard InChI is InChI=1S/C17H18Cl2N2O5S/c1-21(27(4,23)24)10-5-6-11(12(18)7-10)17(22)20-14-9-15(25-2)13(19)8-16(14)26-3/h5-9H,1-4H3,(H,20,22). The average molecular weight is 433 g/mol. The van der Waals surface area contributed by atoms with E-state index in [1.807, 2.05) is 0 Å². The first-order chi connectivity index (χ1) is 12.6. The molecule has 2 rings (SSSR count). The van der Waals surface area contributed by atoms with Crippen LogP contribution in [0.3, 0.4) is 0 Å². The van der Waals surface area contributed by atoms with Gasteiger partial charge in [-0.05, 0) is 18.2 Å². The number of carbonyl (C=O) groups excluding carboxylic acids is 1. The minimum Gasteiger partial charge on any atom is -0.495 e. The SMILES string of the molecule is COc1cc(NC(=O)c2ccc(N(C)S(C)(=O)=O)cc2Cl)c(OC)cc1Cl. The maximum atomic E-state index is 12.6. The number of nitrogens with one attached hydrogen (secondary N) is 1. The number of carbonyl (C=O) groups is 1. The maximum Gasteiger partial charge on any atom is 0.257 e. The lowest BCUT2D eigenvalue weighted by molar-refractivity contribution is 0.102. The highest BCUT2D eigenvalue weighted by molar-refractivity contribution is 7.92. The first kappa shape index (κ1) is 21.1. The Morgan fingerprint density at radius 1 is 1.04 bits per heavy atom. The van der Waals surface area contributed by atoms with E-state index in [-0.39, 0.29) is 10.6 Å². The van der Waals surface area contributed by atoms with Crippen LogP contribution in [-0.2, 0) is 10.0 Å². The van der Waals surface area contributed by atoms with Crippen LogP contribution in [0.25, 0.3) is 0 Å². The van der Waals surface area contributed by atoms with Crippen molar-refractivity contribution in [1.29, 1.82) is 0 Å². The van der Waals surface area contributed by atoms with Crippen LogP contribution >= 0.6 is 23.2 Å². The predicted molar refractivity (Wildman–Crippen MR) is 107 cm³/mol. The number of benzene rings is 2. The van der Waals surface area contributed by atoms with E-state index in [0.29, 0.717) is 27.9 Å². The quantitative estimate of drug-likeness (QED) is 0.752. The van der Waals surface area contributed by atoms with Crippen LogP contribution in [0, 0.1) is 0 Å². The van der Waals surface area contributed by atoms with E-state index in [1.54, 1.807) is 0 Å². The molecule has 0 saturated heterocycles. The molecule has 0 heterocycles. The van der Waals surface area contributed by atoms with Crippen molar-refractivity contribution in [1.82, 2.24) is 0 Å². The first-order valence-electron chi connectivity index (χ1n) is 7.54. The Balaban J connectivity index is 2.34. The molecule has 0 spiro atoms. The topological polar surface area (TPSA) is 84.9 Å². The lowest BCUT2D eigenvalue weighted by Crippen LogP contribution is -2.25. The van der Waals surface area contributed by atoms with Crippen molar-refractivity contribution in [2.75, 3.05) is 37.1 Å². The molecular weight excluding hydrogens is 415 g/mol. The largest absolute Gasteiger partial charge is 0.495 e. The lowest BCUT2D eigenvalue weighted by Gasteiger charge is -2.18.